The smallest absolute Gasteiger partial charge is 0.194 e. The largest absolute Gasteiger partial charge is 0.495 e. The molecule has 0 radical (unpaired) electrons. The number of nitrogens with two attached hydrogens (primary N) is 1. The molecule has 3 N–H and O–H groups in total. The van der Waals surface area contributed by atoms with Gasteiger partial charge in [-0.05, 0) is 61.2 Å². The van der Waals surface area contributed by atoms with Crippen molar-refractivity contribution in [1.82, 2.24) is 10.0 Å². The summed E-state index contributed by atoms with van der Waals surface area (Å²) in [6, 6.07) is 6.46. The summed E-state index contributed by atoms with van der Waals surface area (Å²) < 4.78 is 47.0. The zero-order valence-electron chi connectivity index (χ0n) is 20.8. The van der Waals surface area contributed by atoms with Crippen molar-refractivity contribution in [2.45, 2.75) is 25.8 Å². The molecular weight excluding hydrogens is 483 g/mol. The van der Waals surface area contributed by atoms with Gasteiger partial charge in [0.2, 0.25) is 0 Å². The van der Waals surface area contributed by atoms with Gasteiger partial charge in [-0.1, -0.05) is 12.1 Å². The molecule has 0 spiro atoms. The molecule has 2 heterocycles. The number of allylic oxidation sites excluding steroid dienone is 1. The third-order valence-corrected chi connectivity index (χ3v) is 6.43. The number of fused-ring (bicyclic) bond motifs is 1. The van der Waals surface area contributed by atoms with Gasteiger partial charge in [0.15, 0.2) is 23.2 Å². The highest BCUT2D eigenvalue weighted by atomic mass is 19.2. The zero-order chi connectivity index (χ0) is 26.7. The molecule has 1 unspecified atom stereocenters. The highest BCUT2D eigenvalue weighted by Crippen LogP contribution is 2.36. The lowest BCUT2D eigenvalue weighted by Crippen LogP contribution is -2.52. The maximum absolute atomic E-state index is 13.9. The van der Waals surface area contributed by atoms with E-state index in [-0.39, 0.29) is 18.0 Å². The normalized spacial score (nSPS) is 18.1. The van der Waals surface area contributed by atoms with Gasteiger partial charge in [-0.15, -0.1) is 0 Å². The Hall–Kier alpha value is -3.63. The zero-order valence-corrected chi connectivity index (χ0v) is 20.8. The highest BCUT2D eigenvalue weighted by molar-refractivity contribution is 5.97. The van der Waals surface area contributed by atoms with Crippen LogP contribution in [0.5, 0.6) is 5.75 Å². The monoisotopic (exact) mass is 513 g/mol. The Morgan fingerprint density at radius 1 is 1.16 bits per heavy atom. The number of nitrogens with zero attached hydrogens (tertiary/aromatic N) is 3. The Kier molecular flexibility index (Phi) is 7.99. The Bertz CT molecular complexity index is 1240. The SMILES string of the molecule is COc1cc(C=CC2=CC(=O)C(c3cc(F)c(F)c(F)c3)N3CCCCN23)ccc1N(CN)CC(C)=N. The molecule has 1 fully saturated rings. The van der Waals surface area contributed by atoms with Crippen molar-refractivity contribution in [2.75, 3.05) is 38.3 Å². The van der Waals surface area contributed by atoms with Crippen LogP contribution in [-0.2, 0) is 4.79 Å². The topological polar surface area (TPSA) is 85.9 Å². The lowest BCUT2D eigenvalue weighted by atomic mass is 9.96. The molecule has 37 heavy (non-hydrogen) atoms. The number of hydrogen-bond acceptors (Lipinski definition) is 7. The number of hydrazine groups is 1. The summed E-state index contributed by atoms with van der Waals surface area (Å²) in [5, 5.41) is 11.5. The van der Waals surface area contributed by atoms with Crippen LogP contribution in [0, 0.1) is 22.9 Å². The van der Waals surface area contributed by atoms with Crippen LogP contribution >= 0.6 is 0 Å². The lowest BCUT2D eigenvalue weighted by Gasteiger charge is -2.47. The van der Waals surface area contributed by atoms with Crippen molar-refractivity contribution in [3.63, 3.8) is 0 Å². The van der Waals surface area contributed by atoms with Crippen molar-refractivity contribution < 1.29 is 22.7 Å². The highest BCUT2D eigenvalue weighted by Gasteiger charge is 2.37. The van der Waals surface area contributed by atoms with E-state index in [0.717, 1.165) is 36.2 Å². The van der Waals surface area contributed by atoms with Crippen LogP contribution in [0.15, 0.2) is 48.2 Å². The minimum absolute atomic E-state index is 0.0810. The fourth-order valence-corrected chi connectivity index (χ4v) is 4.76. The number of ketones is 1. The first kappa shape index (κ1) is 26.4. The van der Waals surface area contributed by atoms with Crippen LogP contribution < -0.4 is 15.4 Å². The lowest BCUT2D eigenvalue weighted by molar-refractivity contribution is -0.134. The van der Waals surface area contributed by atoms with Gasteiger partial charge < -0.3 is 25.8 Å². The summed E-state index contributed by atoms with van der Waals surface area (Å²) in [7, 11) is 1.56. The number of ether oxygens (including phenoxy) is 1. The number of nitrogens with one attached hydrogen (secondary N) is 1. The molecule has 196 valence electrons. The maximum atomic E-state index is 13.9. The van der Waals surface area contributed by atoms with E-state index in [1.165, 1.54) is 6.08 Å². The van der Waals surface area contributed by atoms with Gasteiger partial charge in [-0.25, -0.2) is 18.2 Å². The van der Waals surface area contributed by atoms with Crippen molar-refractivity contribution >= 4 is 23.3 Å². The van der Waals surface area contributed by atoms with Gasteiger partial charge in [0.05, 0.1) is 31.7 Å². The van der Waals surface area contributed by atoms with E-state index in [1.807, 2.05) is 40.3 Å². The molecule has 1 atom stereocenters. The van der Waals surface area contributed by atoms with Gasteiger partial charge in [0.1, 0.15) is 11.8 Å². The predicted molar refractivity (Wildman–Crippen MR) is 137 cm³/mol. The second kappa shape index (κ2) is 11.2. The molecule has 2 aromatic carbocycles. The molecule has 1 saturated heterocycles. The molecule has 10 heteroatoms. The van der Waals surface area contributed by atoms with Crippen LogP contribution in [0.3, 0.4) is 0 Å². The molecule has 0 aromatic heterocycles. The van der Waals surface area contributed by atoms with Crippen LogP contribution in [0.2, 0.25) is 0 Å². The number of rotatable bonds is 8. The first-order chi connectivity index (χ1) is 17.7. The number of methoxy groups -OCH3 is 1. The summed E-state index contributed by atoms with van der Waals surface area (Å²) in [6.45, 7) is 3.47. The molecule has 4 rings (SSSR count). The quantitative estimate of drug-likeness (QED) is 0.309. The molecular formula is C27H30F3N5O2. The van der Waals surface area contributed by atoms with E-state index in [4.69, 9.17) is 15.9 Å². The van der Waals surface area contributed by atoms with Crippen LogP contribution in [-0.4, -0.2) is 54.9 Å². The number of carbonyl (C=O) groups is 1. The average Bonchev–Trinajstić information content (AvgIpc) is 2.88. The minimum Gasteiger partial charge on any atom is -0.495 e. The van der Waals surface area contributed by atoms with Crippen molar-refractivity contribution in [3.05, 3.63) is 76.8 Å². The van der Waals surface area contributed by atoms with Crippen molar-refractivity contribution in [1.29, 1.82) is 5.41 Å². The van der Waals surface area contributed by atoms with E-state index >= 15 is 0 Å². The minimum atomic E-state index is -1.55. The summed E-state index contributed by atoms with van der Waals surface area (Å²) in [5.74, 6) is -3.92. The molecule has 0 amide bonds. The third kappa shape index (κ3) is 5.55. The summed E-state index contributed by atoms with van der Waals surface area (Å²) in [4.78, 5) is 15.0. The molecule has 2 aromatic rings. The molecule has 2 aliphatic rings. The first-order valence-corrected chi connectivity index (χ1v) is 12.0. The van der Waals surface area contributed by atoms with Gasteiger partial charge in [0.25, 0.3) is 0 Å². The van der Waals surface area contributed by atoms with E-state index in [0.29, 0.717) is 36.8 Å². The average molecular weight is 514 g/mol. The number of hydrogen-bond donors (Lipinski definition) is 2. The predicted octanol–water partition coefficient (Wildman–Crippen LogP) is 4.41. The van der Waals surface area contributed by atoms with Crippen LogP contribution in [0.4, 0.5) is 18.9 Å². The maximum Gasteiger partial charge on any atom is 0.194 e. The Morgan fingerprint density at radius 3 is 2.51 bits per heavy atom. The standard InChI is InChI=1S/C27H30F3N5O2/c1-17(32)15-33(16-31)23-8-6-18(11-25(23)37-2)5-7-20-14-24(36)27(35-10-4-3-9-34(20)35)19-12-21(28)26(30)22(29)13-19/h5-8,11-14,27,32H,3-4,9-10,15-16,31H2,1-2H3. The number of anilines is 1. The Balaban J connectivity index is 1.63. The molecule has 0 saturated carbocycles. The van der Waals surface area contributed by atoms with Gasteiger partial charge in [-0.3, -0.25) is 4.79 Å². The van der Waals surface area contributed by atoms with Gasteiger partial charge >= 0.3 is 0 Å². The third-order valence-electron chi connectivity index (χ3n) is 6.43. The van der Waals surface area contributed by atoms with Gasteiger partial charge in [-0.2, -0.15) is 0 Å². The molecule has 0 aliphatic carbocycles. The molecule has 0 bridgehead atoms. The molecule has 2 aliphatic heterocycles. The fraction of sp³-hybridized carbons (Fsp3) is 0.333. The summed E-state index contributed by atoms with van der Waals surface area (Å²) in [6.07, 6.45) is 6.82. The van der Waals surface area contributed by atoms with Crippen molar-refractivity contribution in [3.8, 4) is 5.75 Å². The van der Waals surface area contributed by atoms with Gasteiger partial charge in [0, 0.05) is 24.9 Å². The second-order valence-electron chi connectivity index (χ2n) is 9.09. The summed E-state index contributed by atoms with van der Waals surface area (Å²) >= 11 is 0. The Morgan fingerprint density at radius 2 is 1.86 bits per heavy atom. The van der Waals surface area contributed by atoms with E-state index in [9.17, 15) is 18.0 Å². The number of halogens is 3. The Labute approximate surface area is 214 Å². The number of carbonyl (C=O) groups excluding carboxylic acids is 1. The van der Waals surface area contributed by atoms with E-state index in [2.05, 4.69) is 0 Å². The first-order valence-electron chi connectivity index (χ1n) is 12.0. The second-order valence-corrected chi connectivity index (χ2v) is 9.09. The fourth-order valence-electron chi connectivity index (χ4n) is 4.76. The number of benzene rings is 2. The van der Waals surface area contributed by atoms with E-state index in [1.54, 1.807) is 19.0 Å². The van der Waals surface area contributed by atoms with Crippen LogP contribution in [0.25, 0.3) is 6.08 Å². The van der Waals surface area contributed by atoms with E-state index < -0.39 is 23.5 Å². The molecule has 7 nitrogen and oxygen atoms in total. The summed E-state index contributed by atoms with van der Waals surface area (Å²) in [5.41, 5.74) is 8.67. The van der Waals surface area contributed by atoms with Crippen molar-refractivity contribution in [2.24, 2.45) is 5.73 Å². The van der Waals surface area contributed by atoms with Crippen LogP contribution in [0.1, 0.15) is 36.9 Å².